The maximum Gasteiger partial charge on any atom is 0.345 e. The molecule has 1 atom stereocenters. The summed E-state index contributed by atoms with van der Waals surface area (Å²) in [6, 6.07) is 0. The van der Waals surface area contributed by atoms with Gasteiger partial charge >= 0.3 is 21.2 Å². The van der Waals surface area contributed by atoms with Gasteiger partial charge in [-0.25, -0.2) is 0 Å². The fourth-order valence-electron chi connectivity index (χ4n) is 2.22. The van der Waals surface area contributed by atoms with Crippen LogP contribution in [-0.4, -0.2) is 49.6 Å². The number of carbonyl (C=O) groups is 1. The van der Waals surface area contributed by atoms with Crippen LogP contribution >= 0.6 is 27.4 Å². The first kappa shape index (κ1) is 26.7. The van der Waals surface area contributed by atoms with Gasteiger partial charge in [0.25, 0.3) is 0 Å². The molecular weight excluding hydrogens is 418 g/mol. The van der Waals surface area contributed by atoms with Crippen molar-refractivity contribution in [2.75, 3.05) is 26.4 Å². The average Bonchev–Trinajstić information content (AvgIpc) is 2.55. The van der Waals surface area contributed by atoms with Gasteiger partial charge in [-0.2, -0.15) is 0 Å². The third kappa shape index (κ3) is 9.13. The van der Waals surface area contributed by atoms with Crippen molar-refractivity contribution >= 4 is 38.9 Å². The van der Waals surface area contributed by atoms with Crippen LogP contribution in [0.5, 0.6) is 0 Å². The van der Waals surface area contributed by atoms with Gasteiger partial charge in [-0.05, 0) is 46.3 Å². The van der Waals surface area contributed by atoms with E-state index in [9.17, 15) is 13.9 Å². The third-order valence-electron chi connectivity index (χ3n) is 3.12. The van der Waals surface area contributed by atoms with Crippen molar-refractivity contribution in [1.82, 2.24) is 0 Å². The summed E-state index contributed by atoms with van der Waals surface area (Å²) in [5.74, 6) is -0.650. The molecule has 12 heteroatoms. The lowest BCUT2D eigenvalue weighted by Gasteiger charge is -2.31. The number of carbonyl (C=O) groups excluding carboxylic acids is 1. The Morgan fingerprint density at radius 2 is 1.33 bits per heavy atom. The van der Waals surface area contributed by atoms with E-state index < -0.39 is 32.9 Å². The molecule has 0 aromatic heterocycles. The molecule has 9 nitrogen and oxygen atoms in total. The van der Waals surface area contributed by atoms with Crippen LogP contribution in [0.4, 0.5) is 0 Å². The fraction of sp³-hybridized carbons (Fsp3) is 0.867. The minimum absolute atomic E-state index is 0.0655. The molecule has 0 aliphatic carbocycles. The molecule has 0 aromatic carbocycles. The Morgan fingerprint density at radius 1 is 0.926 bits per heavy atom. The van der Waals surface area contributed by atoms with Crippen LogP contribution in [0.15, 0.2) is 0 Å². The number of thiocarbonyl (C=S) groups is 1. The SMILES string of the molecule is CCOP(=O)(OCC)C(CCC(=O)OC(C)OC=S)P(=O)(OCC)OCC. The standard InChI is InChI=1S/C15H30O9P2S/c1-6-20-25(17,21-7-2)15(26(18,22-8-3)23-9-4)11-10-14(16)24-13(5)19-12-27/h12-13,15H,6-11H2,1-5H3. The lowest BCUT2D eigenvalue weighted by molar-refractivity contribution is -0.161. The van der Waals surface area contributed by atoms with Gasteiger partial charge in [-0.1, -0.05) is 0 Å². The van der Waals surface area contributed by atoms with Crippen molar-refractivity contribution in [2.45, 2.75) is 59.2 Å². The van der Waals surface area contributed by atoms with Crippen molar-refractivity contribution in [3.63, 3.8) is 0 Å². The summed E-state index contributed by atoms with van der Waals surface area (Å²) in [5, 5.41) is -1.26. The second kappa shape index (κ2) is 13.8. The zero-order valence-corrected chi connectivity index (χ0v) is 19.1. The van der Waals surface area contributed by atoms with Gasteiger partial charge in [0, 0.05) is 13.3 Å². The second-order valence-corrected chi connectivity index (χ2v) is 10.1. The van der Waals surface area contributed by atoms with E-state index >= 15 is 0 Å². The van der Waals surface area contributed by atoms with E-state index in [0.29, 0.717) is 0 Å². The quantitative estimate of drug-likeness (QED) is 0.145. The molecule has 0 heterocycles. The third-order valence-corrected chi connectivity index (χ3v) is 9.37. The highest BCUT2D eigenvalue weighted by molar-refractivity contribution is 7.78. The maximum atomic E-state index is 13.3. The van der Waals surface area contributed by atoms with E-state index in [1.165, 1.54) is 6.92 Å². The van der Waals surface area contributed by atoms with Crippen molar-refractivity contribution < 1.29 is 41.5 Å². The van der Waals surface area contributed by atoms with Crippen LogP contribution in [0.1, 0.15) is 47.5 Å². The first-order valence-electron chi connectivity index (χ1n) is 8.79. The van der Waals surface area contributed by atoms with Gasteiger partial charge in [-0.3, -0.25) is 13.9 Å². The zero-order chi connectivity index (χ0) is 20.9. The predicted molar refractivity (Wildman–Crippen MR) is 105 cm³/mol. The number of esters is 1. The Hall–Kier alpha value is -0.340. The predicted octanol–water partition coefficient (Wildman–Crippen LogP) is 4.49. The van der Waals surface area contributed by atoms with Crippen molar-refractivity contribution in [1.29, 1.82) is 0 Å². The summed E-state index contributed by atoms with van der Waals surface area (Å²) in [5.41, 5.74) is 0.984. The first-order valence-corrected chi connectivity index (χ1v) is 12.5. The van der Waals surface area contributed by atoms with Crippen molar-refractivity contribution in [3.05, 3.63) is 0 Å². The van der Waals surface area contributed by atoms with Gasteiger partial charge in [0.2, 0.25) is 6.29 Å². The molecular formula is C15H30O9P2S. The molecule has 0 aliphatic rings. The lowest BCUT2D eigenvalue weighted by atomic mass is 10.3. The van der Waals surface area contributed by atoms with E-state index in [1.807, 2.05) is 0 Å². The molecule has 0 spiro atoms. The number of ether oxygens (including phenoxy) is 2. The van der Waals surface area contributed by atoms with Gasteiger partial charge in [-0.15, -0.1) is 0 Å². The molecule has 0 saturated heterocycles. The van der Waals surface area contributed by atoms with Crippen molar-refractivity contribution in [2.24, 2.45) is 0 Å². The molecule has 0 aliphatic heterocycles. The summed E-state index contributed by atoms with van der Waals surface area (Å²) in [6.07, 6.45) is -1.23. The first-order chi connectivity index (χ1) is 12.7. The Labute approximate surface area is 166 Å². The van der Waals surface area contributed by atoms with Crippen LogP contribution < -0.4 is 0 Å². The van der Waals surface area contributed by atoms with Crippen molar-refractivity contribution in [3.8, 4) is 0 Å². The highest BCUT2D eigenvalue weighted by atomic mass is 32.1. The molecule has 0 N–H and O–H groups in total. The summed E-state index contributed by atoms with van der Waals surface area (Å²) in [4.78, 5) is 12.0. The number of hydrogen-bond donors (Lipinski definition) is 0. The summed E-state index contributed by atoms with van der Waals surface area (Å²) >= 11 is 4.52. The molecule has 0 amide bonds. The Kier molecular flexibility index (Phi) is 13.6. The average molecular weight is 448 g/mol. The van der Waals surface area contributed by atoms with E-state index in [4.69, 9.17) is 27.6 Å². The van der Waals surface area contributed by atoms with Gasteiger partial charge in [0.15, 0.2) is 11.0 Å². The maximum absolute atomic E-state index is 13.3. The van der Waals surface area contributed by atoms with E-state index in [1.54, 1.807) is 27.7 Å². The normalized spacial score (nSPS) is 13.4. The minimum Gasteiger partial charge on any atom is -0.451 e. The Bertz CT molecular complexity index is 493. The second-order valence-electron chi connectivity index (χ2n) is 5.06. The van der Waals surface area contributed by atoms with Crippen LogP contribution in [0.25, 0.3) is 0 Å². The summed E-state index contributed by atoms with van der Waals surface area (Å²) < 4.78 is 57.7. The van der Waals surface area contributed by atoms with Gasteiger partial charge < -0.3 is 27.6 Å². The molecule has 1 unspecified atom stereocenters. The molecule has 0 aromatic rings. The topological polar surface area (TPSA) is 107 Å². The van der Waals surface area contributed by atoms with Gasteiger partial charge in [0.1, 0.15) is 0 Å². The zero-order valence-electron chi connectivity index (χ0n) is 16.5. The molecule has 0 fully saturated rings. The fourth-order valence-corrected chi connectivity index (χ4v) is 7.73. The molecule has 160 valence electrons. The molecule has 0 radical (unpaired) electrons. The van der Waals surface area contributed by atoms with Crippen LogP contribution in [0, 0.1) is 0 Å². The number of hydrogen-bond acceptors (Lipinski definition) is 10. The largest absolute Gasteiger partial charge is 0.451 e. The minimum atomic E-state index is -3.89. The van der Waals surface area contributed by atoms with E-state index in [2.05, 4.69) is 12.2 Å². The monoisotopic (exact) mass is 448 g/mol. The number of rotatable bonds is 16. The van der Waals surface area contributed by atoms with E-state index in [0.717, 1.165) is 5.55 Å². The summed E-state index contributed by atoms with van der Waals surface area (Å²) in [6.45, 7) is 8.29. The van der Waals surface area contributed by atoms with E-state index in [-0.39, 0.29) is 39.3 Å². The lowest BCUT2D eigenvalue weighted by Crippen LogP contribution is -2.21. The highest BCUT2D eigenvalue weighted by Gasteiger charge is 2.50. The molecule has 0 saturated carbocycles. The Morgan fingerprint density at radius 3 is 1.67 bits per heavy atom. The summed E-state index contributed by atoms with van der Waals surface area (Å²) in [7, 11) is -7.78. The van der Waals surface area contributed by atoms with Crippen LogP contribution in [0.3, 0.4) is 0 Å². The van der Waals surface area contributed by atoms with Crippen LogP contribution in [0.2, 0.25) is 0 Å². The Balaban J connectivity index is 5.57. The molecule has 0 rings (SSSR count). The smallest absolute Gasteiger partial charge is 0.345 e. The van der Waals surface area contributed by atoms with Gasteiger partial charge in [0.05, 0.1) is 26.4 Å². The molecule has 27 heavy (non-hydrogen) atoms. The van der Waals surface area contributed by atoms with Crippen LogP contribution in [-0.2, 0) is 41.5 Å². The highest BCUT2D eigenvalue weighted by Crippen LogP contribution is 2.71. The molecule has 0 bridgehead atoms.